The second-order valence-electron chi connectivity index (χ2n) is 11.1. The van der Waals surface area contributed by atoms with Gasteiger partial charge in [-0.2, -0.15) is 5.10 Å². The lowest BCUT2D eigenvalue weighted by Gasteiger charge is -2.48. The largest absolute Gasteiger partial charge is 0.489 e. The van der Waals surface area contributed by atoms with Gasteiger partial charge in [0.15, 0.2) is 0 Å². The second-order valence-corrected chi connectivity index (χ2v) is 11.1. The van der Waals surface area contributed by atoms with E-state index in [1.54, 1.807) is 4.90 Å². The Labute approximate surface area is 220 Å². The number of nitrogens with one attached hydrogen (secondary N) is 2. The first-order valence-electron chi connectivity index (χ1n) is 13.7. The summed E-state index contributed by atoms with van der Waals surface area (Å²) < 4.78 is 6.59. The van der Waals surface area contributed by atoms with Crippen LogP contribution in [-0.2, 0) is 16.1 Å². The molecule has 0 spiro atoms. The van der Waals surface area contributed by atoms with Crippen molar-refractivity contribution in [3.05, 3.63) is 59.3 Å². The Bertz CT molecular complexity index is 1430. The number of likely N-dealkylation sites (tertiary alicyclic amines) is 1. The van der Waals surface area contributed by atoms with E-state index in [-0.39, 0.29) is 30.2 Å². The molecule has 38 heavy (non-hydrogen) atoms. The summed E-state index contributed by atoms with van der Waals surface area (Å²) in [4.78, 5) is 41.1. The number of hydrogen-bond donors (Lipinski definition) is 2. The van der Waals surface area contributed by atoms with Gasteiger partial charge in [-0.25, -0.2) is 0 Å². The number of rotatable bonds is 5. The molecule has 9 nitrogen and oxygen atoms in total. The molecule has 7 rings (SSSR count). The van der Waals surface area contributed by atoms with Crippen molar-refractivity contribution < 1.29 is 19.1 Å². The fourth-order valence-corrected chi connectivity index (χ4v) is 6.76. The van der Waals surface area contributed by atoms with Crippen molar-refractivity contribution in [2.24, 2.45) is 0 Å². The summed E-state index contributed by atoms with van der Waals surface area (Å²) in [5, 5.41) is 10.9. The molecule has 196 valence electrons. The Morgan fingerprint density at radius 2 is 1.87 bits per heavy atom. The van der Waals surface area contributed by atoms with Crippen molar-refractivity contribution in [2.75, 3.05) is 13.1 Å². The second kappa shape index (κ2) is 9.23. The van der Waals surface area contributed by atoms with Crippen LogP contribution in [0.2, 0.25) is 0 Å². The lowest BCUT2D eigenvalue weighted by molar-refractivity contribution is -0.136. The highest BCUT2D eigenvalue weighted by atomic mass is 16.5. The maximum Gasteiger partial charge on any atom is 0.255 e. The third-order valence-corrected chi connectivity index (χ3v) is 8.79. The Morgan fingerprint density at radius 3 is 2.74 bits per heavy atom. The standard InChI is InChI=1S/C29H31N5O4/c35-27-11-10-25(28(36)31-27)34-16-17-12-19(8-9-21(17)29(34)37)38-26-7-2-1-6-24(26)33-14-18(15-33)20-4-3-5-23-22(20)13-30-32-23/h3-5,8-9,12-13,18,24-26H,1-2,6-7,10-11,14-16H2,(H,30,32)(H,31,35,36)/t24-,25?,26+/m1/s1. The van der Waals surface area contributed by atoms with Gasteiger partial charge in [0, 0.05) is 49.0 Å². The van der Waals surface area contributed by atoms with Gasteiger partial charge in [0.25, 0.3) is 5.91 Å². The molecule has 2 N–H and O–H groups in total. The highest BCUT2D eigenvalue weighted by Gasteiger charge is 2.41. The molecule has 4 heterocycles. The number of nitrogens with zero attached hydrogens (tertiary/aromatic N) is 3. The molecule has 3 fully saturated rings. The van der Waals surface area contributed by atoms with Gasteiger partial charge in [-0.3, -0.25) is 29.7 Å². The Balaban J connectivity index is 1.03. The highest BCUT2D eigenvalue weighted by Crippen LogP contribution is 2.38. The first kappa shape index (κ1) is 23.4. The van der Waals surface area contributed by atoms with Crippen LogP contribution in [0.1, 0.15) is 65.9 Å². The molecule has 1 unspecified atom stereocenters. The number of piperidine rings is 1. The number of carbonyl (C=O) groups is 3. The maximum atomic E-state index is 13.0. The average molecular weight is 514 g/mol. The number of aromatic amines is 1. The van der Waals surface area contributed by atoms with E-state index < -0.39 is 6.04 Å². The zero-order valence-corrected chi connectivity index (χ0v) is 21.2. The summed E-state index contributed by atoms with van der Waals surface area (Å²) in [5.41, 5.74) is 3.94. The first-order chi connectivity index (χ1) is 18.5. The molecule has 3 atom stereocenters. The van der Waals surface area contributed by atoms with Crippen LogP contribution in [0.3, 0.4) is 0 Å². The minimum atomic E-state index is -0.605. The van der Waals surface area contributed by atoms with Gasteiger partial charge in [0.05, 0.1) is 11.7 Å². The van der Waals surface area contributed by atoms with Crippen molar-refractivity contribution in [3.63, 3.8) is 0 Å². The fraction of sp³-hybridized carbons (Fsp3) is 0.448. The molecule has 9 heteroatoms. The van der Waals surface area contributed by atoms with Crippen molar-refractivity contribution in [1.82, 2.24) is 25.3 Å². The number of aromatic nitrogens is 2. The van der Waals surface area contributed by atoms with Crippen LogP contribution in [-0.4, -0.2) is 69.0 Å². The van der Waals surface area contributed by atoms with Crippen LogP contribution in [0.5, 0.6) is 5.75 Å². The fourth-order valence-electron chi connectivity index (χ4n) is 6.76. The molecular formula is C29H31N5O4. The van der Waals surface area contributed by atoms with Gasteiger partial charge in [-0.1, -0.05) is 18.6 Å². The quantitative estimate of drug-likeness (QED) is 0.508. The smallest absolute Gasteiger partial charge is 0.255 e. The Morgan fingerprint density at radius 1 is 1.00 bits per heavy atom. The number of fused-ring (bicyclic) bond motifs is 2. The van der Waals surface area contributed by atoms with E-state index >= 15 is 0 Å². The number of carbonyl (C=O) groups excluding carboxylic acids is 3. The molecule has 2 aromatic carbocycles. The van der Waals surface area contributed by atoms with Gasteiger partial charge >= 0.3 is 0 Å². The Kier molecular flexibility index (Phi) is 5.69. The van der Waals surface area contributed by atoms with E-state index in [1.807, 2.05) is 24.4 Å². The summed E-state index contributed by atoms with van der Waals surface area (Å²) in [6.07, 6.45) is 7.16. The number of H-pyrrole nitrogens is 1. The predicted octanol–water partition coefficient (Wildman–Crippen LogP) is 3.11. The summed E-state index contributed by atoms with van der Waals surface area (Å²) in [7, 11) is 0. The summed E-state index contributed by atoms with van der Waals surface area (Å²) in [5.74, 6) is 0.457. The van der Waals surface area contributed by atoms with Gasteiger partial charge in [-0.05, 0) is 61.1 Å². The van der Waals surface area contributed by atoms with Gasteiger partial charge in [-0.15, -0.1) is 0 Å². The SMILES string of the molecule is O=C1CCC(N2Cc3cc(O[C@H]4CCCC[C@H]4N4CC(c5cccc6[nH]ncc56)C4)ccc3C2=O)C(=O)N1. The van der Waals surface area contributed by atoms with E-state index in [1.165, 1.54) is 17.4 Å². The van der Waals surface area contributed by atoms with Gasteiger partial charge in [0.2, 0.25) is 11.8 Å². The topological polar surface area (TPSA) is 108 Å². The van der Waals surface area contributed by atoms with Crippen molar-refractivity contribution in [2.45, 2.75) is 69.2 Å². The molecule has 1 aliphatic carbocycles. The molecular weight excluding hydrogens is 482 g/mol. The lowest BCUT2D eigenvalue weighted by atomic mass is 9.83. The third-order valence-electron chi connectivity index (χ3n) is 8.79. The summed E-state index contributed by atoms with van der Waals surface area (Å²) in [6, 6.07) is 11.8. The number of imide groups is 1. The van der Waals surface area contributed by atoms with Crippen LogP contribution >= 0.6 is 0 Å². The number of ether oxygens (including phenoxy) is 1. The van der Waals surface area contributed by atoms with Crippen LogP contribution in [0, 0.1) is 0 Å². The number of amides is 3. The molecule has 4 aliphatic rings. The number of benzene rings is 2. The van der Waals surface area contributed by atoms with Crippen molar-refractivity contribution in [3.8, 4) is 5.75 Å². The lowest BCUT2D eigenvalue weighted by Crippen LogP contribution is -2.57. The number of hydrogen-bond acceptors (Lipinski definition) is 6. The molecule has 3 aromatic rings. The van der Waals surface area contributed by atoms with Gasteiger partial charge in [0.1, 0.15) is 17.9 Å². The molecule has 0 bridgehead atoms. The molecule has 1 saturated carbocycles. The third kappa shape index (κ3) is 3.96. The van der Waals surface area contributed by atoms with Crippen LogP contribution in [0.25, 0.3) is 10.9 Å². The molecule has 3 amide bonds. The van der Waals surface area contributed by atoms with E-state index in [2.05, 4.69) is 38.6 Å². The van der Waals surface area contributed by atoms with Crippen molar-refractivity contribution >= 4 is 28.6 Å². The normalized spacial score (nSPS) is 26.4. The van der Waals surface area contributed by atoms with Crippen LogP contribution in [0.4, 0.5) is 0 Å². The van der Waals surface area contributed by atoms with Crippen LogP contribution < -0.4 is 10.1 Å². The van der Waals surface area contributed by atoms with E-state index in [4.69, 9.17) is 4.74 Å². The Hall–Kier alpha value is -3.72. The van der Waals surface area contributed by atoms with E-state index in [0.717, 1.165) is 49.2 Å². The van der Waals surface area contributed by atoms with E-state index in [9.17, 15) is 14.4 Å². The molecule has 3 aliphatic heterocycles. The van der Waals surface area contributed by atoms with Crippen LogP contribution in [0.15, 0.2) is 42.6 Å². The highest BCUT2D eigenvalue weighted by molar-refractivity contribution is 6.05. The molecule has 1 aromatic heterocycles. The zero-order chi connectivity index (χ0) is 25.8. The predicted molar refractivity (Wildman–Crippen MR) is 140 cm³/mol. The minimum absolute atomic E-state index is 0.107. The zero-order valence-electron chi connectivity index (χ0n) is 21.2. The van der Waals surface area contributed by atoms with Crippen molar-refractivity contribution in [1.29, 1.82) is 0 Å². The first-order valence-corrected chi connectivity index (χ1v) is 13.7. The van der Waals surface area contributed by atoms with E-state index in [0.29, 0.717) is 30.5 Å². The monoisotopic (exact) mass is 513 g/mol. The summed E-state index contributed by atoms with van der Waals surface area (Å²) >= 11 is 0. The average Bonchev–Trinajstić information content (AvgIpc) is 3.49. The maximum absolute atomic E-state index is 13.0. The minimum Gasteiger partial charge on any atom is -0.489 e. The molecule has 0 radical (unpaired) electrons. The molecule has 2 saturated heterocycles. The summed E-state index contributed by atoms with van der Waals surface area (Å²) in [6.45, 7) is 2.40. The van der Waals surface area contributed by atoms with Gasteiger partial charge < -0.3 is 9.64 Å².